The zero-order valence-electron chi connectivity index (χ0n) is 10.4. The molecule has 0 radical (unpaired) electrons. The molecule has 0 spiro atoms. The second-order valence-electron chi connectivity index (χ2n) is 3.98. The van der Waals surface area contributed by atoms with Crippen molar-refractivity contribution in [2.45, 2.75) is 18.2 Å². The molecule has 3 N–H and O–H groups in total. The summed E-state index contributed by atoms with van der Waals surface area (Å²) >= 11 is 0. The molecular formula is C11H17N3O3S. The van der Waals surface area contributed by atoms with Crippen LogP contribution in [0.5, 0.6) is 0 Å². The molecule has 0 bridgehead atoms. The summed E-state index contributed by atoms with van der Waals surface area (Å²) in [5, 5.41) is 11.2. The van der Waals surface area contributed by atoms with E-state index in [-0.39, 0.29) is 23.7 Å². The Morgan fingerprint density at radius 2 is 2.17 bits per heavy atom. The number of hydrogen-bond acceptors (Lipinski definition) is 4. The molecule has 7 heteroatoms. The van der Waals surface area contributed by atoms with Crippen molar-refractivity contribution in [2.75, 3.05) is 13.6 Å². The Bertz CT molecular complexity index is 540. The molecule has 0 amide bonds. The molecule has 0 unspecified atom stereocenters. The number of oxime groups is 1. The van der Waals surface area contributed by atoms with Crippen molar-refractivity contribution in [1.29, 1.82) is 0 Å². The standard InChI is InChI=1S/C11H17N3O3S/c1-9-4-3-5-10(8-9)18(16,17)14(2)7-6-11(12)13-15/h3-5,8,15H,6-7H2,1-2H3,(H2,12,13). The van der Waals surface area contributed by atoms with Gasteiger partial charge < -0.3 is 10.9 Å². The summed E-state index contributed by atoms with van der Waals surface area (Å²) in [6.45, 7) is 1.99. The number of hydrogen-bond donors (Lipinski definition) is 2. The predicted molar refractivity (Wildman–Crippen MR) is 69.0 cm³/mol. The first kappa shape index (κ1) is 14.5. The molecule has 0 saturated heterocycles. The maximum absolute atomic E-state index is 12.2. The Morgan fingerprint density at radius 1 is 1.50 bits per heavy atom. The minimum atomic E-state index is -3.52. The van der Waals surface area contributed by atoms with Crippen molar-refractivity contribution in [2.24, 2.45) is 10.9 Å². The molecule has 1 rings (SSSR count). The van der Waals surface area contributed by atoms with Gasteiger partial charge in [0.2, 0.25) is 10.0 Å². The second-order valence-corrected chi connectivity index (χ2v) is 6.03. The highest BCUT2D eigenvalue weighted by molar-refractivity contribution is 7.89. The predicted octanol–water partition coefficient (Wildman–Crippen LogP) is 0.752. The van der Waals surface area contributed by atoms with Crippen LogP contribution in [0.15, 0.2) is 34.3 Å². The largest absolute Gasteiger partial charge is 0.409 e. The molecule has 0 aliphatic rings. The summed E-state index contributed by atoms with van der Waals surface area (Å²) in [5.74, 6) is 0.00120. The van der Waals surface area contributed by atoms with E-state index in [1.54, 1.807) is 18.2 Å². The summed E-state index contributed by atoms with van der Waals surface area (Å²) in [5.41, 5.74) is 6.18. The van der Waals surface area contributed by atoms with Crippen molar-refractivity contribution in [3.05, 3.63) is 29.8 Å². The number of amidine groups is 1. The average Bonchev–Trinajstić information content (AvgIpc) is 2.35. The van der Waals surface area contributed by atoms with Crippen LogP contribution in [0.3, 0.4) is 0 Å². The normalized spacial score (nSPS) is 12.9. The average molecular weight is 271 g/mol. The van der Waals surface area contributed by atoms with E-state index >= 15 is 0 Å². The molecular weight excluding hydrogens is 254 g/mol. The highest BCUT2D eigenvalue weighted by Gasteiger charge is 2.20. The van der Waals surface area contributed by atoms with E-state index < -0.39 is 10.0 Å². The maximum atomic E-state index is 12.2. The Kier molecular flexibility index (Phi) is 4.69. The van der Waals surface area contributed by atoms with E-state index in [1.807, 2.05) is 13.0 Å². The van der Waals surface area contributed by atoms with Gasteiger partial charge in [-0.3, -0.25) is 0 Å². The van der Waals surface area contributed by atoms with Gasteiger partial charge in [-0.25, -0.2) is 12.7 Å². The molecule has 0 aromatic heterocycles. The molecule has 1 aromatic carbocycles. The van der Waals surface area contributed by atoms with E-state index in [0.29, 0.717) is 0 Å². The molecule has 0 aliphatic carbocycles. The van der Waals surface area contributed by atoms with E-state index in [4.69, 9.17) is 10.9 Å². The fraction of sp³-hybridized carbons (Fsp3) is 0.364. The van der Waals surface area contributed by atoms with Crippen molar-refractivity contribution < 1.29 is 13.6 Å². The highest BCUT2D eigenvalue weighted by Crippen LogP contribution is 2.15. The van der Waals surface area contributed by atoms with Gasteiger partial charge in [0.05, 0.1) is 4.90 Å². The lowest BCUT2D eigenvalue weighted by atomic mass is 10.2. The van der Waals surface area contributed by atoms with Crippen LogP contribution in [0, 0.1) is 6.92 Å². The third-order valence-corrected chi connectivity index (χ3v) is 4.36. The summed E-state index contributed by atoms with van der Waals surface area (Å²) < 4.78 is 25.5. The van der Waals surface area contributed by atoms with Gasteiger partial charge in [0.1, 0.15) is 5.84 Å². The zero-order chi connectivity index (χ0) is 13.8. The number of nitrogens with zero attached hydrogens (tertiary/aromatic N) is 2. The molecule has 0 aliphatic heterocycles. The second kappa shape index (κ2) is 5.83. The van der Waals surface area contributed by atoms with Crippen LogP contribution >= 0.6 is 0 Å². The first-order valence-corrected chi connectivity index (χ1v) is 6.81. The molecule has 0 heterocycles. The lowest BCUT2D eigenvalue weighted by Gasteiger charge is -2.17. The fourth-order valence-corrected chi connectivity index (χ4v) is 2.67. The molecule has 0 fully saturated rings. The first-order valence-electron chi connectivity index (χ1n) is 5.37. The van der Waals surface area contributed by atoms with Gasteiger partial charge in [-0.2, -0.15) is 0 Å². The van der Waals surface area contributed by atoms with Crippen molar-refractivity contribution in [3.63, 3.8) is 0 Å². The number of aryl methyl sites for hydroxylation is 1. The van der Waals surface area contributed by atoms with Gasteiger partial charge in [-0.1, -0.05) is 17.3 Å². The van der Waals surface area contributed by atoms with Gasteiger partial charge in [0, 0.05) is 20.0 Å². The van der Waals surface area contributed by atoms with Gasteiger partial charge >= 0.3 is 0 Å². The molecule has 6 nitrogen and oxygen atoms in total. The van der Waals surface area contributed by atoms with Gasteiger partial charge in [-0.15, -0.1) is 0 Å². The highest BCUT2D eigenvalue weighted by atomic mass is 32.2. The number of sulfonamides is 1. The molecule has 100 valence electrons. The summed E-state index contributed by atoms with van der Waals surface area (Å²) in [6.07, 6.45) is 0.179. The lowest BCUT2D eigenvalue weighted by Crippen LogP contribution is -2.30. The summed E-state index contributed by atoms with van der Waals surface area (Å²) in [6, 6.07) is 6.67. The number of nitrogens with two attached hydrogens (primary N) is 1. The van der Waals surface area contributed by atoms with Crippen LogP contribution in [0.4, 0.5) is 0 Å². The van der Waals surface area contributed by atoms with E-state index in [1.165, 1.54) is 11.4 Å². The minimum Gasteiger partial charge on any atom is -0.409 e. The Balaban J connectivity index is 2.87. The molecule has 0 saturated carbocycles. The molecule has 0 atom stereocenters. The van der Waals surface area contributed by atoms with E-state index in [0.717, 1.165) is 5.56 Å². The first-order chi connectivity index (χ1) is 8.37. The third-order valence-electron chi connectivity index (χ3n) is 2.51. The molecule has 1 aromatic rings. The van der Waals surface area contributed by atoms with Crippen LogP contribution in [0.2, 0.25) is 0 Å². The maximum Gasteiger partial charge on any atom is 0.242 e. The van der Waals surface area contributed by atoms with E-state index in [9.17, 15) is 8.42 Å². The Morgan fingerprint density at radius 3 is 2.72 bits per heavy atom. The fourth-order valence-electron chi connectivity index (χ4n) is 1.40. The number of rotatable bonds is 5. The van der Waals surface area contributed by atoms with Crippen LogP contribution in [0.25, 0.3) is 0 Å². The van der Waals surface area contributed by atoms with E-state index in [2.05, 4.69) is 5.16 Å². The Hall–Kier alpha value is -1.60. The number of benzene rings is 1. The molecule has 18 heavy (non-hydrogen) atoms. The van der Waals surface area contributed by atoms with Gasteiger partial charge in [0.15, 0.2) is 0 Å². The third kappa shape index (κ3) is 3.44. The lowest BCUT2D eigenvalue weighted by molar-refractivity contribution is 0.316. The van der Waals surface area contributed by atoms with Gasteiger partial charge in [-0.05, 0) is 24.6 Å². The summed E-state index contributed by atoms with van der Waals surface area (Å²) in [7, 11) is -2.06. The summed E-state index contributed by atoms with van der Waals surface area (Å²) in [4.78, 5) is 0.240. The topological polar surface area (TPSA) is 96.0 Å². The van der Waals surface area contributed by atoms with Crippen molar-refractivity contribution >= 4 is 15.9 Å². The van der Waals surface area contributed by atoms with Crippen molar-refractivity contribution in [1.82, 2.24) is 4.31 Å². The SMILES string of the molecule is Cc1cccc(S(=O)(=O)N(C)CC/C(N)=N/O)c1. The zero-order valence-corrected chi connectivity index (χ0v) is 11.2. The van der Waals surface area contributed by atoms with Crippen molar-refractivity contribution in [3.8, 4) is 0 Å². The monoisotopic (exact) mass is 271 g/mol. The Labute approximate surface area is 107 Å². The minimum absolute atomic E-state index is 0.00120. The van der Waals surface area contributed by atoms with Gasteiger partial charge in [0.25, 0.3) is 0 Å². The van der Waals surface area contributed by atoms with Crippen LogP contribution in [-0.4, -0.2) is 37.4 Å². The smallest absolute Gasteiger partial charge is 0.242 e. The van der Waals surface area contributed by atoms with Crippen LogP contribution in [-0.2, 0) is 10.0 Å². The quantitative estimate of drug-likeness (QED) is 0.357. The van der Waals surface area contributed by atoms with Crippen LogP contribution < -0.4 is 5.73 Å². The van der Waals surface area contributed by atoms with Crippen LogP contribution in [0.1, 0.15) is 12.0 Å².